The van der Waals surface area contributed by atoms with E-state index in [9.17, 15) is 9.59 Å². The number of benzene rings is 2. The summed E-state index contributed by atoms with van der Waals surface area (Å²) in [6, 6.07) is 19.4. The lowest BCUT2D eigenvalue weighted by Gasteiger charge is -2.33. The molecule has 31 heavy (non-hydrogen) atoms. The average Bonchev–Trinajstić information content (AvgIpc) is 2.78. The molecule has 3 N–H and O–H groups in total. The number of hydrogen-bond donors (Lipinski definition) is 2. The van der Waals surface area contributed by atoms with Crippen LogP contribution in [0, 0.1) is 0 Å². The number of carbonyl (C=O) groups excluding carboxylic acids is 2. The summed E-state index contributed by atoms with van der Waals surface area (Å²) in [7, 11) is 0. The van der Waals surface area contributed by atoms with Gasteiger partial charge in [0.1, 0.15) is 18.1 Å². The molecule has 3 aromatic rings. The molecule has 0 spiro atoms. The van der Waals surface area contributed by atoms with Gasteiger partial charge in [-0.05, 0) is 43.3 Å². The van der Waals surface area contributed by atoms with E-state index in [-0.39, 0.29) is 24.1 Å². The van der Waals surface area contributed by atoms with Gasteiger partial charge in [-0.1, -0.05) is 30.3 Å². The zero-order valence-corrected chi connectivity index (χ0v) is 16.9. The molecule has 0 bridgehead atoms. The van der Waals surface area contributed by atoms with Crippen LogP contribution in [0.3, 0.4) is 0 Å². The fraction of sp³-hybridized carbons (Fsp3) is 0.174. The molecule has 1 unspecified atom stereocenters. The van der Waals surface area contributed by atoms with E-state index in [0.29, 0.717) is 29.4 Å². The van der Waals surface area contributed by atoms with Crippen molar-refractivity contribution in [1.82, 2.24) is 4.98 Å². The maximum absolute atomic E-state index is 13.2. The van der Waals surface area contributed by atoms with E-state index in [0.717, 1.165) is 0 Å². The first kappa shape index (κ1) is 20.2. The van der Waals surface area contributed by atoms with Crippen molar-refractivity contribution in [3.63, 3.8) is 0 Å². The average molecular weight is 418 g/mol. The third-order valence-corrected chi connectivity index (χ3v) is 4.70. The Labute approximate surface area is 179 Å². The van der Waals surface area contributed by atoms with Gasteiger partial charge in [-0.25, -0.2) is 4.98 Å². The largest absolute Gasteiger partial charge is 0.494 e. The molecule has 0 saturated heterocycles. The predicted molar refractivity (Wildman–Crippen MR) is 117 cm³/mol. The SMILES string of the molecule is CCOc1ccc(NC(=O)CN2C(=O)C(c3ccccc3)Oc3ccc(N)nc32)cc1. The number of anilines is 3. The molecule has 1 aliphatic rings. The highest BCUT2D eigenvalue weighted by Crippen LogP contribution is 2.38. The number of fused-ring (bicyclic) bond motifs is 1. The minimum Gasteiger partial charge on any atom is -0.494 e. The lowest BCUT2D eigenvalue weighted by Crippen LogP contribution is -2.45. The molecule has 0 fully saturated rings. The second-order valence-corrected chi connectivity index (χ2v) is 6.90. The van der Waals surface area contributed by atoms with Crippen LogP contribution in [0.4, 0.5) is 17.3 Å². The summed E-state index contributed by atoms with van der Waals surface area (Å²) in [5, 5.41) is 2.79. The van der Waals surface area contributed by atoms with Gasteiger partial charge in [0.25, 0.3) is 5.91 Å². The molecule has 2 amide bonds. The molecule has 2 heterocycles. The van der Waals surface area contributed by atoms with Gasteiger partial charge in [0.15, 0.2) is 11.6 Å². The molecular formula is C23H22N4O4. The second kappa shape index (κ2) is 8.74. The first-order chi connectivity index (χ1) is 15.0. The van der Waals surface area contributed by atoms with Crippen molar-refractivity contribution in [2.24, 2.45) is 0 Å². The van der Waals surface area contributed by atoms with Gasteiger partial charge in [-0.2, -0.15) is 0 Å². The molecule has 8 heteroatoms. The monoisotopic (exact) mass is 418 g/mol. The number of carbonyl (C=O) groups is 2. The van der Waals surface area contributed by atoms with Gasteiger partial charge in [-0.3, -0.25) is 14.5 Å². The Bertz CT molecular complexity index is 1090. The van der Waals surface area contributed by atoms with Crippen molar-refractivity contribution in [1.29, 1.82) is 0 Å². The van der Waals surface area contributed by atoms with Crippen LogP contribution < -0.4 is 25.4 Å². The highest BCUT2D eigenvalue weighted by Gasteiger charge is 2.37. The number of nitrogens with zero attached hydrogens (tertiary/aromatic N) is 2. The fourth-order valence-electron chi connectivity index (χ4n) is 3.30. The lowest BCUT2D eigenvalue weighted by atomic mass is 10.1. The quantitative estimate of drug-likeness (QED) is 0.637. The van der Waals surface area contributed by atoms with E-state index in [1.165, 1.54) is 4.90 Å². The topological polar surface area (TPSA) is 107 Å². The summed E-state index contributed by atoms with van der Waals surface area (Å²) in [5.74, 6) is 0.781. The number of amides is 2. The van der Waals surface area contributed by atoms with E-state index in [2.05, 4.69) is 10.3 Å². The smallest absolute Gasteiger partial charge is 0.274 e. The number of rotatable bonds is 6. The molecular weight excluding hydrogens is 396 g/mol. The molecule has 1 atom stereocenters. The third kappa shape index (κ3) is 4.42. The number of nitrogens with two attached hydrogens (primary N) is 1. The van der Waals surface area contributed by atoms with Crippen LogP contribution >= 0.6 is 0 Å². The van der Waals surface area contributed by atoms with Crippen LogP contribution in [0.15, 0.2) is 66.7 Å². The third-order valence-electron chi connectivity index (χ3n) is 4.70. The zero-order valence-electron chi connectivity index (χ0n) is 16.9. The Balaban J connectivity index is 1.57. The molecule has 8 nitrogen and oxygen atoms in total. The maximum Gasteiger partial charge on any atom is 0.274 e. The molecule has 0 radical (unpaired) electrons. The number of pyridine rings is 1. The van der Waals surface area contributed by atoms with Crippen molar-refractivity contribution < 1.29 is 19.1 Å². The number of nitrogen functional groups attached to an aromatic ring is 1. The summed E-state index contributed by atoms with van der Waals surface area (Å²) in [5.41, 5.74) is 7.09. The summed E-state index contributed by atoms with van der Waals surface area (Å²) in [4.78, 5) is 31.5. The van der Waals surface area contributed by atoms with Crippen molar-refractivity contribution in [3.05, 3.63) is 72.3 Å². The molecule has 158 valence electrons. The van der Waals surface area contributed by atoms with E-state index in [1.807, 2.05) is 25.1 Å². The first-order valence-electron chi connectivity index (χ1n) is 9.87. The summed E-state index contributed by atoms with van der Waals surface area (Å²) in [6.07, 6.45) is -0.877. The second-order valence-electron chi connectivity index (χ2n) is 6.90. The fourth-order valence-corrected chi connectivity index (χ4v) is 3.30. The van der Waals surface area contributed by atoms with Crippen LogP contribution in [0.1, 0.15) is 18.6 Å². The molecule has 4 rings (SSSR count). The number of nitrogens with one attached hydrogen (secondary N) is 1. The van der Waals surface area contributed by atoms with E-state index in [4.69, 9.17) is 15.2 Å². The molecule has 0 saturated carbocycles. The Kier molecular flexibility index (Phi) is 5.70. The maximum atomic E-state index is 13.2. The Hall–Kier alpha value is -4.07. The molecule has 1 aromatic heterocycles. The van der Waals surface area contributed by atoms with Crippen molar-refractivity contribution in [2.45, 2.75) is 13.0 Å². The van der Waals surface area contributed by atoms with Crippen molar-refractivity contribution in [2.75, 3.05) is 29.1 Å². The van der Waals surface area contributed by atoms with Gasteiger partial charge >= 0.3 is 0 Å². The number of hydrogen-bond acceptors (Lipinski definition) is 6. The number of aromatic nitrogens is 1. The normalized spacial score (nSPS) is 15.1. The standard InChI is InChI=1S/C23H22N4O4/c1-2-30-17-10-8-16(9-11-17)25-20(28)14-27-22-18(12-13-19(24)26-22)31-21(23(27)29)15-6-4-3-5-7-15/h3-13,21H,2,14H2,1H3,(H2,24,26)(H,25,28). The molecule has 1 aliphatic heterocycles. The van der Waals surface area contributed by atoms with Gasteiger partial charge in [0.05, 0.1) is 6.61 Å². The van der Waals surface area contributed by atoms with Gasteiger partial charge in [0.2, 0.25) is 12.0 Å². The van der Waals surface area contributed by atoms with E-state index in [1.54, 1.807) is 48.5 Å². The first-order valence-corrected chi connectivity index (χ1v) is 9.87. The minimum absolute atomic E-state index is 0.221. The van der Waals surface area contributed by atoms with Crippen molar-refractivity contribution >= 4 is 29.1 Å². The Morgan fingerprint density at radius 2 is 1.87 bits per heavy atom. The van der Waals surface area contributed by atoms with Crippen LogP contribution in [0.2, 0.25) is 0 Å². The Morgan fingerprint density at radius 1 is 1.13 bits per heavy atom. The van der Waals surface area contributed by atoms with E-state index < -0.39 is 12.0 Å². The lowest BCUT2D eigenvalue weighted by molar-refractivity contribution is -0.128. The minimum atomic E-state index is -0.877. The zero-order chi connectivity index (χ0) is 21.8. The van der Waals surface area contributed by atoms with Crippen LogP contribution in [0.5, 0.6) is 11.5 Å². The highest BCUT2D eigenvalue weighted by atomic mass is 16.5. The van der Waals surface area contributed by atoms with Crippen LogP contribution in [-0.2, 0) is 9.59 Å². The summed E-state index contributed by atoms with van der Waals surface area (Å²) < 4.78 is 11.3. The van der Waals surface area contributed by atoms with Crippen LogP contribution in [0.25, 0.3) is 0 Å². The van der Waals surface area contributed by atoms with Crippen LogP contribution in [-0.4, -0.2) is 29.9 Å². The van der Waals surface area contributed by atoms with E-state index >= 15 is 0 Å². The summed E-state index contributed by atoms with van der Waals surface area (Å²) in [6.45, 7) is 2.22. The van der Waals surface area contributed by atoms with Crippen molar-refractivity contribution in [3.8, 4) is 11.5 Å². The Morgan fingerprint density at radius 3 is 2.58 bits per heavy atom. The van der Waals surface area contributed by atoms with Gasteiger partial charge in [0, 0.05) is 11.3 Å². The molecule has 2 aromatic carbocycles. The number of ether oxygens (including phenoxy) is 2. The highest BCUT2D eigenvalue weighted by molar-refractivity contribution is 6.06. The van der Waals surface area contributed by atoms with Gasteiger partial charge < -0.3 is 20.5 Å². The van der Waals surface area contributed by atoms with Gasteiger partial charge in [-0.15, -0.1) is 0 Å². The predicted octanol–water partition coefficient (Wildman–Crippen LogP) is 3.17. The summed E-state index contributed by atoms with van der Waals surface area (Å²) >= 11 is 0. The molecule has 0 aliphatic carbocycles.